The summed E-state index contributed by atoms with van der Waals surface area (Å²) in [7, 11) is -3.69. The molecule has 0 spiro atoms. The maximum absolute atomic E-state index is 11.5. The average Bonchev–Trinajstić information content (AvgIpc) is 2.87. The number of aryl methyl sites for hydroxylation is 2. The van der Waals surface area contributed by atoms with Crippen molar-refractivity contribution in [2.24, 2.45) is 5.14 Å². The van der Waals surface area contributed by atoms with Crippen LogP contribution in [0, 0.1) is 13.8 Å². The minimum Gasteiger partial charge on any atom is -0.378 e. The van der Waals surface area contributed by atoms with Crippen LogP contribution in [-0.4, -0.2) is 30.9 Å². The van der Waals surface area contributed by atoms with E-state index in [9.17, 15) is 8.42 Å². The smallest absolute Gasteiger partial charge is 0.241 e. The standard InChI is InChI=1S/C12H21N3O3S/c1-9-12(19(13,16)17)10(2)15(14-9)7-3-5-11-6-4-8-18-11/h11H,3-8H2,1-2H3,(H2,13,16,17). The van der Waals surface area contributed by atoms with E-state index in [1.165, 1.54) is 0 Å². The lowest BCUT2D eigenvalue weighted by molar-refractivity contribution is 0.101. The van der Waals surface area contributed by atoms with Crippen molar-refractivity contribution in [1.29, 1.82) is 0 Å². The van der Waals surface area contributed by atoms with Gasteiger partial charge in [-0.2, -0.15) is 5.10 Å². The normalized spacial score (nSPS) is 20.1. The second kappa shape index (κ2) is 5.60. The van der Waals surface area contributed by atoms with E-state index in [0.29, 0.717) is 24.0 Å². The molecule has 1 aliphatic rings. The van der Waals surface area contributed by atoms with Crippen molar-refractivity contribution in [2.45, 2.75) is 57.1 Å². The number of sulfonamides is 1. The van der Waals surface area contributed by atoms with Crippen molar-refractivity contribution in [3.63, 3.8) is 0 Å². The summed E-state index contributed by atoms with van der Waals surface area (Å²) in [6.45, 7) is 4.97. The predicted molar refractivity (Wildman–Crippen MR) is 71.3 cm³/mol. The molecule has 1 aromatic rings. The van der Waals surface area contributed by atoms with E-state index in [1.807, 2.05) is 0 Å². The van der Waals surface area contributed by atoms with Gasteiger partial charge in [-0.1, -0.05) is 0 Å². The second-order valence-corrected chi connectivity index (χ2v) is 6.54. The molecule has 0 aliphatic carbocycles. The molecule has 0 radical (unpaired) electrons. The average molecular weight is 287 g/mol. The Morgan fingerprint density at radius 2 is 2.21 bits per heavy atom. The molecule has 1 fully saturated rings. The lowest BCUT2D eigenvalue weighted by Gasteiger charge is -2.09. The number of aromatic nitrogens is 2. The van der Waals surface area contributed by atoms with Gasteiger partial charge in [0, 0.05) is 13.2 Å². The first-order valence-electron chi connectivity index (χ1n) is 6.58. The van der Waals surface area contributed by atoms with Gasteiger partial charge < -0.3 is 4.74 Å². The summed E-state index contributed by atoms with van der Waals surface area (Å²) < 4.78 is 30.2. The highest BCUT2D eigenvalue weighted by atomic mass is 32.2. The number of ether oxygens (including phenoxy) is 1. The Balaban J connectivity index is 2.01. The zero-order chi connectivity index (χ0) is 14.0. The first-order valence-corrected chi connectivity index (χ1v) is 8.12. The zero-order valence-electron chi connectivity index (χ0n) is 11.4. The summed E-state index contributed by atoms with van der Waals surface area (Å²) in [5.74, 6) is 0. The zero-order valence-corrected chi connectivity index (χ0v) is 12.2. The molecule has 1 unspecified atom stereocenters. The van der Waals surface area contributed by atoms with Crippen LogP contribution in [0.25, 0.3) is 0 Å². The van der Waals surface area contributed by atoms with Gasteiger partial charge in [-0.3, -0.25) is 4.68 Å². The molecule has 7 heteroatoms. The molecule has 0 bridgehead atoms. The highest BCUT2D eigenvalue weighted by molar-refractivity contribution is 7.89. The minimum absolute atomic E-state index is 0.157. The number of hydrogen-bond donors (Lipinski definition) is 1. The Morgan fingerprint density at radius 1 is 1.47 bits per heavy atom. The second-order valence-electron chi connectivity index (χ2n) is 5.05. The van der Waals surface area contributed by atoms with Gasteiger partial charge in [0.25, 0.3) is 0 Å². The molecular weight excluding hydrogens is 266 g/mol. The summed E-state index contributed by atoms with van der Waals surface area (Å²) >= 11 is 0. The van der Waals surface area contributed by atoms with E-state index >= 15 is 0 Å². The topological polar surface area (TPSA) is 87.2 Å². The van der Waals surface area contributed by atoms with Crippen LogP contribution in [0.5, 0.6) is 0 Å². The number of primary sulfonamides is 1. The molecule has 0 aromatic carbocycles. The third-order valence-corrected chi connectivity index (χ3v) is 4.68. The monoisotopic (exact) mass is 287 g/mol. The molecular formula is C12H21N3O3S. The van der Waals surface area contributed by atoms with Gasteiger partial charge in [0.05, 0.1) is 17.5 Å². The fraction of sp³-hybridized carbons (Fsp3) is 0.750. The lowest BCUT2D eigenvalue weighted by atomic mass is 10.1. The molecule has 2 heterocycles. The van der Waals surface area contributed by atoms with Crippen molar-refractivity contribution in [3.05, 3.63) is 11.4 Å². The van der Waals surface area contributed by atoms with E-state index in [4.69, 9.17) is 9.88 Å². The van der Waals surface area contributed by atoms with Crippen LogP contribution >= 0.6 is 0 Å². The molecule has 1 aliphatic heterocycles. The van der Waals surface area contributed by atoms with E-state index in [-0.39, 0.29) is 4.90 Å². The molecule has 6 nitrogen and oxygen atoms in total. The molecule has 1 aromatic heterocycles. The minimum atomic E-state index is -3.69. The van der Waals surface area contributed by atoms with Gasteiger partial charge in [0.15, 0.2) is 0 Å². The molecule has 19 heavy (non-hydrogen) atoms. The van der Waals surface area contributed by atoms with Crippen LogP contribution in [-0.2, 0) is 21.3 Å². The van der Waals surface area contributed by atoms with Crippen LogP contribution in [0.1, 0.15) is 37.1 Å². The maximum Gasteiger partial charge on any atom is 0.241 e. The third kappa shape index (κ3) is 3.34. The lowest BCUT2D eigenvalue weighted by Crippen LogP contribution is -2.14. The Hall–Kier alpha value is -0.920. The van der Waals surface area contributed by atoms with E-state index < -0.39 is 10.0 Å². The molecule has 0 amide bonds. The van der Waals surface area contributed by atoms with Crippen molar-refractivity contribution < 1.29 is 13.2 Å². The number of rotatable bonds is 5. The van der Waals surface area contributed by atoms with Crippen molar-refractivity contribution >= 4 is 10.0 Å². The summed E-state index contributed by atoms with van der Waals surface area (Å²) in [5.41, 5.74) is 1.09. The van der Waals surface area contributed by atoms with Crippen molar-refractivity contribution in [3.8, 4) is 0 Å². The fourth-order valence-electron chi connectivity index (χ4n) is 2.65. The molecule has 1 saturated heterocycles. The largest absolute Gasteiger partial charge is 0.378 e. The molecule has 2 rings (SSSR count). The number of nitrogens with zero attached hydrogens (tertiary/aromatic N) is 2. The Bertz CT molecular complexity index is 545. The highest BCUT2D eigenvalue weighted by Gasteiger charge is 2.21. The molecule has 0 saturated carbocycles. The fourth-order valence-corrected chi connectivity index (χ4v) is 3.62. The van der Waals surface area contributed by atoms with Gasteiger partial charge in [0.2, 0.25) is 10.0 Å². The van der Waals surface area contributed by atoms with Crippen LogP contribution in [0.2, 0.25) is 0 Å². The van der Waals surface area contributed by atoms with Crippen LogP contribution in [0.3, 0.4) is 0 Å². The van der Waals surface area contributed by atoms with E-state index in [2.05, 4.69) is 5.10 Å². The number of hydrogen-bond acceptors (Lipinski definition) is 4. The first kappa shape index (κ1) is 14.5. The Kier molecular flexibility index (Phi) is 4.27. The van der Waals surface area contributed by atoms with Crippen LogP contribution in [0.15, 0.2) is 4.90 Å². The van der Waals surface area contributed by atoms with Gasteiger partial charge in [-0.05, 0) is 39.5 Å². The summed E-state index contributed by atoms with van der Waals surface area (Å²) in [6.07, 6.45) is 4.54. The summed E-state index contributed by atoms with van der Waals surface area (Å²) in [4.78, 5) is 0.157. The van der Waals surface area contributed by atoms with Crippen LogP contribution < -0.4 is 5.14 Å². The molecule has 2 N–H and O–H groups in total. The predicted octanol–water partition coefficient (Wildman–Crippen LogP) is 1.11. The van der Waals surface area contributed by atoms with Crippen molar-refractivity contribution in [1.82, 2.24) is 9.78 Å². The highest BCUT2D eigenvalue weighted by Crippen LogP contribution is 2.20. The third-order valence-electron chi connectivity index (χ3n) is 3.52. The van der Waals surface area contributed by atoms with Gasteiger partial charge in [0.1, 0.15) is 4.90 Å². The van der Waals surface area contributed by atoms with Crippen molar-refractivity contribution in [2.75, 3.05) is 6.61 Å². The quantitative estimate of drug-likeness (QED) is 0.878. The first-order chi connectivity index (χ1) is 8.89. The Labute approximate surface area is 114 Å². The van der Waals surface area contributed by atoms with E-state index in [1.54, 1.807) is 18.5 Å². The maximum atomic E-state index is 11.5. The Morgan fingerprint density at radius 3 is 2.74 bits per heavy atom. The molecule has 108 valence electrons. The summed E-state index contributed by atoms with van der Waals surface area (Å²) in [6, 6.07) is 0. The summed E-state index contributed by atoms with van der Waals surface area (Å²) in [5, 5.41) is 9.46. The number of nitrogens with two attached hydrogens (primary N) is 1. The molecule has 1 atom stereocenters. The van der Waals surface area contributed by atoms with Crippen LogP contribution in [0.4, 0.5) is 0 Å². The van der Waals surface area contributed by atoms with Gasteiger partial charge in [-0.15, -0.1) is 0 Å². The SMILES string of the molecule is Cc1nn(CCCC2CCCO2)c(C)c1S(N)(=O)=O. The van der Waals surface area contributed by atoms with Gasteiger partial charge in [-0.25, -0.2) is 13.6 Å². The van der Waals surface area contributed by atoms with E-state index in [0.717, 1.165) is 32.3 Å². The van der Waals surface area contributed by atoms with Gasteiger partial charge >= 0.3 is 0 Å².